The normalized spacial score (nSPS) is 14.4. The number of carbonyl (C=O) groups is 2. The van der Waals surface area contributed by atoms with Crippen molar-refractivity contribution in [3.05, 3.63) is 44.9 Å². The molecule has 26 heavy (non-hydrogen) atoms. The molecule has 2 heterocycles. The van der Waals surface area contributed by atoms with E-state index in [1.54, 1.807) is 17.5 Å². The van der Waals surface area contributed by atoms with E-state index in [0.717, 1.165) is 19.6 Å². The van der Waals surface area contributed by atoms with Crippen LogP contribution in [0.3, 0.4) is 0 Å². The van der Waals surface area contributed by atoms with Crippen molar-refractivity contribution < 1.29 is 9.59 Å². The Balaban J connectivity index is 1.52. The quantitative estimate of drug-likeness (QED) is 0.760. The van der Waals surface area contributed by atoms with Crippen LogP contribution in [0.1, 0.15) is 33.7 Å². The predicted molar refractivity (Wildman–Crippen MR) is 105 cm³/mol. The second kappa shape index (κ2) is 8.81. The van der Waals surface area contributed by atoms with Crippen LogP contribution < -0.4 is 10.6 Å². The van der Waals surface area contributed by atoms with Crippen molar-refractivity contribution in [3.8, 4) is 0 Å². The van der Waals surface area contributed by atoms with Gasteiger partial charge in [0.05, 0.1) is 10.0 Å². The number of aromatic nitrogens is 1. The maximum absolute atomic E-state index is 12.2. The van der Waals surface area contributed by atoms with Gasteiger partial charge < -0.3 is 10.2 Å². The van der Waals surface area contributed by atoms with Crippen molar-refractivity contribution >= 4 is 51.5 Å². The lowest BCUT2D eigenvalue weighted by molar-refractivity contribution is 0.0944. The number of nitrogens with zero attached hydrogens (tertiary/aromatic N) is 2. The second-order valence-electron chi connectivity index (χ2n) is 5.93. The number of amides is 2. The molecule has 9 heteroatoms. The number of hydrogen-bond donors (Lipinski definition) is 2. The Labute approximate surface area is 165 Å². The van der Waals surface area contributed by atoms with Crippen LogP contribution in [0.4, 0.5) is 5.13 Å². The highest BCUT2D eigenvalue weighted by molar-refractivity contribution is 7.14. The SMILES string of the molecule is O=C(Nc1nc(C(=O)NCCN2CCCC2)cs1)c1ccc(Cl)c(Cl)c1. The standard InChI is InChI=1S/C17H18Cl2N4O2S/c18-12-4-3-11(9-13(12)19)15(24)22-17-21-14(10-26-17)16(25)20-5-8-23-6-1-2-7-23/h3-4,9-10H,1-2,5-8H2,(H,20,25)(H,21,22,24). The van der Waals surface area contributed by atoms with Crippen LogP contribution in [0, 0.1) is 0 Å². The average molecular weight is 413 g/mol. The Morgan fingerprint density at radius 1 is 1.15 bits per heavy atom. The molecule has 0 atom stereocenters. The van der Waals surface area contributed by atoms with Crippen molar-refractivity contribution in [1.29, 1.82) is 0 Å². The van der Waals surface area contributed by atoms with E-state index in [2.05, 4.69) is 20.5 Å². The van der Waals surface area contributed by atoms with Gasteiger partial charge in [-0.25, -0.2) is 4.98 Å². The molecule has 1 aromatic heterocycles. The molecular weight excluding hydrogens is 395 g/mol. The molecule has 2 amide bonds. The van der Waals surface area contributed by atoms with Crippen molar-refractivity contribution in [2.45, 2.75) is 12.8 Å². The number of carbonyl (C=O) groups excluding carboxylic acids is 2. The van der Waals surface area contributed by atoms with Crippen LogP contribution in [-0.4, -0.2) is 47.9 Å². The first-order chi connectivity index (χ1) is 12.5. The number of benzene rings is 1. The summed E-state index contributed by atoms with van der Waals surface area (Å²) in [6.07, 6.45) is 2.45. The molecule has 1 aliphatic heterocycles. The highest BCUT2D eigenvalue weighted by Crippen LogP contribution is 2.23. The van der Waals surface area contributed by atoms with Crippen LogP contribution >= 0.6 is 34.5 Å². The van der Waals surface area contributed by atoms with Gasteiger partial charge in [0, 0.05) is 24.0 Å². The minimum atomic E-state index is -0.362. The smallest absolute Gasteiger partial charge is 0.270 e. The van der Waals surface area contributed by atoms with E-state index in [0.29, 0.717) is 33.0 Å². The molecule has 0 saturated carbocycles. The van der Waals surface area contributed by atoms with Gasteiger partial charge in [0.15, 0.2) is 5.13 Å². The topological polar surface area (TPSA) is 74.3 Å². The highest BCUT2D eigenvalue weighted by atomic mass is 35.5. The molecule has 3 rings (SSSR count). The van der Waals surface area contributed by atoms with E-state index in [4.69, 9.17) is 23.2 Å². The van der Waals surface area contributed by atoms with Crippen molar-refractivity contribution in [3.63, 3.8) is 0 Å². The van der Waals surface area contributed by atoms with Gasteiger partial charge in [0.1, 0.15) is 5.69 Å². The Hall–Kier alpha value is -1.67. The van der Waals surface area contributed by atoms with E-state index < -0.39 is 0 Å². The average Bonchev–Trinajstić information content (AvgIpc) is 3.29. The van der Waals surface area contributed by atoms with Gasteiger partial charge in [0.2, 0.25) is 0 Å². The van der Waals surface area contributed by atoms with Gasteiger partial charge in [-0.05, 0) is 44.1 Å². The van der Waals surface area contributed by atoms with Crippen LogP contribution in [0.2, 0.25) is 10.0 Å². The first-order valence-electron chi connectivity index (χ1n) is 8.25. The summed E-state index contributed by atoms with van der Waals surface area (Å²) in [5.41, 5.74) is 0.659. The number of likely N-dealkylation sites (tertiary alicyclic amines) is 1. The Bertz CT molecular complexity index is 806. The molecule has 1 aliphatic rings. The van der Waals surface area contributed by atoms with E-state index >= 15 is 0 Å². The second-order valence-corrected chi connectivity index (χ2v) is 7.60. The third-order valence-corrected chi connectivity index (χ3v) is 5.55. The van der Waals surface area contributed by atoms with Crippen LogP contribution in [0.5, 0.6) is 0 Å². The fourth-order valence-electron chi connectivity index (χ4n) is 2.67. The van der Waals surface area contributed by atoms with Gasteiger partial charge in [-0.3, -0.25) is 14.9 Å². The third kappa shape index (κ3) is 4.94. The molecule has 138 valence electrons. The van der Waals surface area contributed by atoms with Gasteiger partial charge in [-0.1, -0.05) is 23.2 Å². The highest BCUT2D eigenvalue weighted by Gasteiger charge is 2.15. The van der Waals surface area contributed by atoms with E-state index in [1.165, 1.54) is 30.2 Å². The maximum Gasteiger partial charge on any atom is 0.270 e. The van der Waals surface area contributed by atoms with Crippen LogP contribution in [0.25, 0.3) is 0 Å². The summed E-state index contributed by atoms with van der Waals surface area (Å²) in [6.45, 7) is 3.62. The van der Waals surface area contributed by atoms with Gasteiger partial charge in [-0.15, -0.1) is 11.3 Å². The summed E-state index contributed by atoms with van der Waals surface area (Å²) in [5, 5.41) is 8.17. The minimum absolute atomic E-state index is 0.240. The van der Waals surface area contributed by atoms with Crippen molar-refractivity contribution in [1.82, 2.24) is 15.2 Å². The predicted octanol–water partition coefficient (Wildman–Crippen LogP) is 3.53. The lowest BCUT2D eigenvalue weighted by Gasteiger charge is -2.14. The van der Waals surface area contributed by atoms with E-state index in [9.17, 15) is 9.59 Å². The maximum atomic E-state index is 12.2. The van der Waals surface area contributed by atoms with E-state index in [-0.39, 0.29) is 11.8 Å². The third-order valence-electron chi connectivity index (χ3n) is 4.05. The first-order valence-corrected chi connectivity index (χ1v) is 9.89. The Morgan fingerprint density at radius 3 is 2.65 bits per heavy atom. The molecule has 0 bridgehead atoms. The number of nitrogens with one attached hydrogen (secondary N) is 2. The minimum Gasteiger partial charge on any atom is -0.349 e. The molecule has 0 unspecified atom stereocenters. The monoisotopic (exact) mass is 412 g/mol. The zero-order valence-corrected chi connectivity index (χ0v) is 16.3. The van der Waals surface area contributed by atoms with Crippen LogP contribution in [-0.2, 0) is 0 Å². The molecule has 2 aromatic rings. The summed E-state index contributed by atoms with van der Waals surface area (Å²) in [5.74, 6) is -0.602. The molecule has 2 N–H and O–H groups in total. The number of anilines is 1. The number of halogens is 2. The number of hydrogen-bond acceptors (Lipinski definition) is 5. The summed E-state index contributed by atoms with van der Waals surface area (Å²) >= 11 is 13.0. The van der Waals surface area contributed by atoms with Gasteiger partial charge in [-0.2, -0.15) is 0 Å². The molecule has 1 saturated heterocycles. The Kier molecular flexibility index (Phi) is 6.48. The van der Waals surface area contributed by atoms with Gasteiger partial charge in [0.25, 0.3) is 11.8 Å². The number of rotatable bonds is 6. The zero-order chi connectivity index (χ0) is 18.5. The largest absolute Gasteiger partial charge is 0.349 e. The summed E-state index contributed by atoms with van der Waals surface area (Å²) < 4.78 is 0. The Morgan fingerprint density at radius 2 is 1.92 bits per heavy atom. The zero-order valence-electron chi connectivity index (χ0n) is 13.9. The molecular formula is C17H18Cl2N4O2S. The fraction of sp³-hybridized carbons (Fsp3) is 0.353. The number of thiazole rings is 1. The van der Waals surface area contributed by atoms with Gasteiger partial charge >= 0.3 is 0 Å². The fourth-order valence-corrected chi connectivity index (χ4v) is 3.65. The molecule has 0 spiro atoms. The molecule has 1 aromatic carbocycles. The summed E-state index contributed by atoms with van der Waals surface area (Å²) in [7, 11) is 0. The lowest BCUT2D eigenvalue weighted by atomic mass is 10.2. The molecule has 0 radical (unpaired) electrons. The van der Waals surface area contributed by atoms with E-state index in [1.807, 2.05) is 0 Å². The summed E-state index contributed by atoms with van der Waals surface area (Å²) in [6, 6.07) is 4.61. The van der Waals surface area contributed by atoms with Crippen LogP contribution in [0.15, 0.2) is 23.6 Å². The first kappa shape index (κ1) is 19.1. The van der Waals surface area contributed by atoms with Crippen molar-refractivity contribution in [2.75, 3.05) is 31.5 Å². The molecule has 0 aliphatic carbocycles. The summed E-state index contributed by atoms with van der Waals surface area (Å²) in [4.78, 5) is 30.9. The van der Waals surface area contributed by atoms with Crippen molar-refractivity contribution in [2.24, 2.45) is 0 Å². The molecule has 1 fully saturated rings. The molecule has 6 nitrogen and oxygen atoms in total. The lowest BCUT2D eigenvalue weighted by Crippen LogP contribution is -2.33.